The van der Waals surface area contributed by atoms with Gasteiger partial charge in [0.1, 0.15) is 0 Å². The summed E-state index contributed by atoms with van der Waals surface area (Å²) < 4.78 is 0. The maximum Gasteiger partial charge on any atom is 0.328 e. The number of carboxylic acid groups (broad SMARTS) is 1. The van der Waals surface area contributed by atoms with Crippen LogP contribution in [-0.2, 0) is 10.2 Å². The monoisotopic (exact) mass is 365 g/mol. The van der Waals surface area contributed by atoms with Crippen LogP contribution < -0.4 is 0 Å². The van der Waals surface area contributed by atoms with Crippen molar-refractivity contribution < 1.29 is 9.90 Å². The van der Waals surface area contributed by atoms with E-state index in [4.69, 9.17) is 5.11 Å². The molecular formula is C24H31NO2. The molecule has 1 aliphatic rings. The third-order valence-corrected chi connectivity index (χ3v) is 5.40. The molecule has 1 aliphatic carbocycles. The number of carboxylic acids is 1. The fourth-order valence-electron chi connectivity index (χ4n) is 3.82. The highest BCUT2D eigenvalue weighted by Gasteiger charge is 2.34. The molecule has 1 heterocycles. The van der Waals surface area contributed by atoms with Crippen molar-refractivity contribution in [2.45, 2.75) is 65.2 Å². The van der Waals surface area contributed by atoms with Crippen molar-refractivity contribution in [1.29, 1.82) is 0 Å². The number of aliphatic carboxylic acids is 1. The normalized spacial score (nSPS) is 21.8. The van der Waals surface area contributed by atoms with E-state index in [1.165, 1.54) is 29.2 Å². The van der Waals surface area contributed by atoms with Gasteiger partial charge in [-0.25, -0.2) is 4.79 Å². The van der Waals surface area contributed by atoms with Crippen molar-refractivity contribution in [3.63, 3.8) is 0 Å². The molecule has 27 heavy (non-hydrogen) atoms. The van der Waals surface area contributed by atoms with E-state index in [-0.39, 0.29) is 5.41 Å². The van der Waals surface area contributed by atoms with Crippen LogP contribution in [0.5, 0.6) is 0 Å². The maximum atomic E-state index is 10.7. The van der Waals surface area contributed by atoms with Crippen LogP contribution in [0.2, 0.25) is 0 Å². The Kier molecular flexibility index (Phi) is 7.35. The zero-order chi connectivity index (χ0) is 19.9. The van der Waals surface area contributed by atoms with E-state index in [0.29, 0.717) is 0 Å². The molecule has 1 N–H and O–H groups in total. The number of hydrogen-bond acceptors (Lipinski definition) is 2. The molecule has 3 nitrogen and oxygen atoms in total. The van der Waals surface area contributed by atoms with Gasteiger partial charge in [0.15, 0.2) is 0 Å². The SMILES string of the molecule is CC1=C(/C=C/C(C)=C/CC/C(C)=C/C(=O)O)[C@@](C)(c2ccccn2)CCC1. The van der Waals surface area contributed by atoms with E-state index in [2.05, 4.69) is 56.1 Å². The summed E-state index contributed by atoms with van der Waals surface area (Å²) in [6, 6.07) is 6.17. The summed E-state index contributed by atoms with van der Waals surface area (Å²) in [5.41, 5.74) is 6.01. The largest absolute Gasteiger partial charge is 0.478 e. The molecule has 144 valence electrons. The number of allylic oxidation sites excluding steroid dienone is 7. The Morgan fingerprint density at radius 1 is 1.33 bits per heavy atom. The van der Waals surface area contributed by atoms with Crippen molar-refractivity contribution >= 4 is 5.97 Å². The Balaban J connectivity index is 2.15. The molecule has 2 rings (SSSR count). The number of rotatable bonds is 7. The lowest BCUT2D eigenvalue weighted by Crippen LogP contribution is -2.29. The Hall–Kier alpha value is -2.42. The van der Waals surface area contributed by atoms with Gasteiger partial charge in [-0.15, -0.1) is 0 Å². The fraction of sp³-hybridized carbons (Fsp3) is 0.417. The summed E-state index contributed by atoms with van der Waals surface area (Å²) in [6.45, 7) is 8.50. The summed E-state index contributed by atoms with van der Waals surface area (Å²) in [5.74, 6) is -0.874. The third kappa shape index (κ3) is 5.78. The second-order valence-electron chi connectivity index (χ2n) is 7.74. The quantitative estimate of drug-likeness (QED) is 0.465. The first-order chi connectivity index (χ1) is 12.8. The molecule has 1 aromatic rings. The van der Waals surface area contributed by atoms with Crippen molar-refractivity contribution in [2.24, 2.45) is 0 Å². The van der Waals surface area contributed by atoms with E-state index in [0.717, 1.165) is 37.0 Å². The van der Waals surface area contributed by atoms with Crippen LogP contribution in [0.3, 0.4) is 0 Å². The first kappa shape index (κ1) is 20.9. The van der Waals surface area contributed by atoms with Crippen molar-refractivity contribution in [3.8, 4) is 0 Å². The Labute approximate surface area is 163 Å². The maximum absolute atomic E-state index is 10.7. The van der Waals surface area contributed by atoms with Gasteiger partial charge in [0.2, 0.25) is 0 Å². The zero-order valence-electron chi connectivity index (χ0n) is 17.0. The van der Waals surface area contributed by atoms with Crippen LogP contribution >= 0.6 is 0 Å². The molecular weight excluding hydrogens is 334 g/mol. The van der Waals surface area contributed by atoms with Gasteiger partial charge in [0, 0.05) is 17.7 Å². The molecule has 0 radical (unpaired) electrons. The van der Waals surface area contributed by atoms with Crippen LogP contribution in [0.15, 0.2) is 71.0 Å². The third-order valence-electron chi connectivity index (χ3n) is 5.40. The van der Waals surface area contributed by atoms with E-state index < -0.39 is 5.97 Å². The summed E-state index contributed by atoms with van der Waals surface area (Å²) in [7, 11) is 0. The fourth-order valence-corrected chi connectivity index (χ4v) is 3.82. The van der Waals surface area contributed by atoms with Crippen molar-refractivity contribution in [2.75, 3.05) is 0 Å². The summed E-state index contributed by atoms with van der Waals surface area (Å²) in [5, 5.41) is 8.78. The minimum absolute atomic E-state index is 0.0405. The first-order valence-electron chi connectivity index (χ1n) is 9.69. The molecule has 3 heteroatoms. The number of aromatic nitrogens is 1. The number of carbonyl (C=O) groups is 1. The van der Waals surface area contributed by atoms with Crippen molar-refractivity contribution in [1.82, 2.24) is 4.98 Å². The molecule has 0 saturated carbocycles. The molecule has 0 aromatic carbocycles. The zero-order valence-corrected chi connectivity index (χ0v) is 17.0. The van der Waals surface area contributed by atoms with Crippen LogP contribution in [0.25, 0.3) is 0 Å². The minimum atomic E-state index is -0.874. The van der Waals surface area contributed by atoms with E-state index in [1.54, 1.807) is 0 Å². The molecule has 0 bridgehead atoms. The van der Waals surface area contributed by atoms with E-state index >= 15 is 0 Å². The van der Waals surface area contributed by atoms with Gasteiger partial charge >= 0.3 is 5.97 Å². The van der Waals surface area contributed by atoms with Gasteiger partial charge in [0.05, 0.1) is 5.69 Å². The predicted molar refractivity (Wildman–Crippen MR) is 112 cm³/mol. The highest BCUT2D eigenvalue weighted by Crippen LogP contribution is 2.43. The smallest absolute Gasteiger partial charge is 0.328 e. The second-order valence-corrected chi connectivity index (χ2v) is 7.74. The lowest BCUT2D eigenvalue weighted by molar-refractivity contribution is -0.131. The van der Waals surface area contributed by atoms with Crippen LogP contribution in [-0.4, -0.2) is 16.1 Å². The Bertz CT molecular complexity index is 784. The standard InChI is InChI=1S/C24H31NO2/c1-18(9-7-10-19(2)17-23(26)27)13-14-21-20(3)11-8-15-24(21,4)22-12-5-6-16-25-22/h5-6,9,12-14,16-17H,7-8,10-11,15H2,1-4H3,(H,26,27)/b14-13+,18-9+,19-17+/t24-/m0/s1. The number of nitrogens with zero attached hydrogens (tertiary/aromatic N) is 1. The predicted octanol–water partition coefficient (Wildman–Crippen LogP) is 6.15. The van der Waals surface area contributed by atoms with Gasteiger partial charge in [-0.1, -0.05) is 41.0 Å². The minimum Gasteiger partial charge on any atom is -0.478 e. The van der Waals surface area contributed by atoms with Crippen LogP contribution in [0.1, 0.15) is 65.5 Å². The molecule has 0 saturated heterocycles. The highest BCUT2D eigenvalue weighted by atomic mass is 16.4. The van der Waals surface area contributed by atoms with Crippen LogP contribution in [0, 0.1) is 0 Å². The van der Waals surface area contributed by atoms with Gasteiger partial charge in [0.25, 0.3) is 0 Å². The average molecular weight is 366 g/mol. The van der Waals surface area contributed by atoms with Crippen LogP contribution in [0.4, 0.5) is 0 Å². The molecule has 1 atom stereocenters. The lowest BCUT2D eigenvalue weighted by Gasteiger charge is -2.36. The summed E-state index contributed by atoms with van der Waals surface area (Å²) >= 11 is 0. The Morgan fingerprint density at radius 3 is 2.78 bits per heavy atom. The molecule has 0 spiro atoms. The van der Waals surface area contributed by atoms with Gasteiger partial charge < -0.3 is 5.11 Å². The Morgan fingerprint density at radius 2 is 2.11 bits per heavy atom. The molecule has 1 aromatic heterocycles. The molecule has 0 aliphatic heterocycles. The summed E-state index contributed by atoms with van der Waals surface area (Å²) in [4.78, 5) is 15.3. The van der Waals surface area contributed by atoms with E-state index in [9.17, 15) is 4.79 Å². The van der Waals surface area contributed by atoms with Gasteiger partial charge in [-0.2, -0.15) is 0 Å². The second kappa shape index (κ2) is 9.50. The van der Waals surface area contributed by atoms with Gasteiger partial charge in [-0.3, -0.25) is 4.98 Å². The number of pyridine rings is 1. The topological polar surface area (TPSA) is 50.2 Å². The van der Waals surface area contributed by atoms with E-state index in [1.807, 2.05) is 19.2 Å². The molecule has 0 fully saturated rings. The molecule has 0 amide bonds. The number of hydrogen-bond donors (Lipinski definition) is 1. The lowest BCUT2D eigenvalue weighted by atomic mass is 9.69. The summed E-state index contributed by atoms with van der Waals surface area (Å²) in [6.07, 6.45) is 14.8. The van der Waals surface area contributed by atoms with Gasteiger partial charge in [-0.05, 0) is 77.5 Å². The molecule has 0 unspecified atom stereocenters. The van der Waals surface area contributed by atoms with Crippen molar-refractivity contribution in [3.05, 3.63) is 76.7 Å². The first-order valence-corrected chi connectivity index (χ1v) is 9.69. The average Bonchev–Trinajstić information content (AvgIpc) is 2.61. The highest BCUT2D eigenvalue weighted by molar-refractivity contribution is 5.80.